The lowest BCUT2D eigenvalue weighted by Crippen LogP contribution is -1.94. The molecular formula is C46H38. The van der Waals surface area contributed by atoms with Gasteiger partial charge in [0.15, 0.2) is 0 Å². The maximum atomic E-state index is 2.40. The van der Waals surface area contributed by atoms with E-state index in [4.69, 9.17) is 0 Å². The van der Waals surface area contributed by atoms with E-state index in [1.54, 1.807) is 0 Å². The van der Waals surface area contributed by atoms with Gasteiger partial charge in [0.1, 0.15) is 0 Å². The average molecular weight is 591 g/mol. The molecule has 0 fully saturated rings. The van der Waals surface area contributed by atoms with Crippen LogP contribution in [0.1, 0.15) is 37.8 Å². The maximum absolute atomic E-state index is 2.40. The smallest absolute Gasteiger partial charge is 0.00199 e. The van der Waals surface area contributed by atoms with Gasteiger partial charge in [-0.05, 0) is 109 Å². The molecule has 0 saturated carbocycles. The van der Waals surface area contributed by atoms with E-state index in [2.05, 4.69) is 184 Å². The lowest BCUT2D eigenvalue weighted by Gasteiger charge is -2.20. The molecule has 0 aliphatic carbocycles. The van der Waals surface area contributed by atoms with Gasteiger partial charge in [0.2, 0.25) is 0 Å². The Bertz CT molecular complexity index is 2250. The second kappa shape index (κ2) is 13.3. The van der Waals surface area contributed by atoms with Gasteiger partial charge in [0.05, 0.1) is 0 Å². The Labute approximate surface area is 272 Å². The van der Waals surface area contributed by atoms with Crippen molar-refractivity contribution in [2.75, 3.05) is 0 Å². The van der Waals surface area contributed by atoms with Crippen LogP contribution in [0.4, 0.5) is 0 Å². The molecule has 222 valence electrons. The van der Waals surface area contributed by atoms with Gasteiger partial charge in [0.25, 0.3) is 0 Å². The average Bonchev–Trinajstić information content (AvgIpc) is 3.11. The largest absolute Gasteiger partial charge is 0.0877 e. The second-order valence-electron chi connectivity index (χ2n) is 11.9. The lowest BCUT2D eigenvalue weighted by atomic mass is 9.83. The third kappa shape index (κ3) is 5.59. The van der Waals surface area contributed by atoms with E-state index in [1.165, 1.54) is 76.5 Å². The van der Waals surface area contributed by atoms with E-state index in [0.29, 0.717) is 0 Å². The third-order valence-electron chi connectivity index (χ3n) is 8.98. The summed E-state index contributed by atoms with van der Waals surface area (Å²) in [5.74, 6) is 0. The summed E-state index contributed by atoms with van der Waals surface area (Å²) in [6, 6.07) is 48.8. The Kier molecular flexibility index (Phi) is 8.44. The Morgan fingerprint density at radius 3 is 1.78 bits per heavy atom. The van der Waals surface area contributed by atoms with Gasteiger partial charge in [-0.2, -0.15) is 0 Å². The molecule has 0 aliphatic heterocycles. The zero-order valence-corrected chi connectivity index (χ0v) is 26.6. The van der Waals surface area contributed by atoms with Crippen LogP contribution in [-0.4, -0.2) is 0 Å². The Morgan fingerprint density at radius 2 is 1.11 bits per heavy atom. The fraction of sp³-hybridized carbons (Fsp3) is 0.0870. The molecule has 0 unspecified atom stereocenters. The highest BCUT2D eigenvalue weighted by atomic mass is 14.2. The van der Waals surface area contributed by atoms with Gasteiger partial charge < -0.3 is 0 Å². The molecule has 0 N–H and O–H groups in total. The monoisotopic (exact) mass is 590 g/mol. The summed E-state index contributed by atoms with van der Waals surface area (Å²) in [7, 11) is 0. The van der Waals surface area contributed by atoms with Crippen molar-refractivity contribution in [1.29, 1.82) is 0 Å². The van der Waals surface area contributed by atoms with Gasteiger partial charge in [-0.25, -0.2) is 0 Å². The van der Waals surface area contributed by atoms with Crippen molar-refractivity contribution >= 4 is 54.2 Å². The predicted molar refractivity (Wildman–Crippen MR) is 203 cm³/mol. The Morgan fingerprint density at radius 1 is 0.543 bits per heavy atom. The number of hydrogen-bond donors (Lipinski definition) is 0. The topological polar surface area (TPSA) is 0 Å². The molecule has 0 aromatic heterocycles. The molecule has 0 saturated heterocycles. The van der Waals surface area contributed by atoms with Gasteiger partial charge >= 0.3 is 0 Å². The fourth-order valence-electron chi connectivity index (χ4n) is 6.92. The summed E-state index contributed by atoms with van der Waals surface area (Å²) in [6.07, 6.45) is 15.3. The van der Waals surface area contributed by atoms with Crippen molar-refractivity contribution in [2.45, 2.75) is 26.7 Å². The molecule has 0 amide bonds. The second-order valence-corrected chi connectivity index (χ2v) is 11.9. The molecule has 7 aromatic rings. The number of rotatable bonds is 8. The highest BCUT2D eigenvalue weighted by Crippen LogP contribution is 2.45. The Balaban J connectivity index is 1.47. The summed E-state index contributed by atoms with van der Waals surface area (Å²) >= 11 is 0. The van der Waals surface area contributed by atoms with E-state index in [9.17, 15) is 0 Å². The first-order chi connectivity index (χ1) is 22.7. The summed E-state index contributed by atoms with van der Waals surface area (Å²) in [5.41, 5.74) is 7.65. The van der Waals surface area contributed by atoms with Crippen LogP contribution in [0.2, 0.25) is 0 Å². The molecule has 0 radical (unpaired) electrons. The van der Waals surface area contributed by atoms with Crippen LogP contribution >= 0.6 is 0 Å². The summed E-state index contributed by atoms with van der Waals surface area (Å²) in [4.78, 5) is 0. The van der Waals surface area contributed by atoms with Crippen LogP contribution in [0.25, 0.3) is 65.4 Å². The molecule has 0 nitrogen and oxygen atoms in total. The van der Waals surface area contributed by atoms with Crippen LogP contribution < -0.4 is 0 Å². The van der Waals surface area contributed by atoms with E-state index in [-0.39, 0.29) is 0 Å². The van der Waals surface area contributed by atoms with Crippen LogP contribution in [0.3, 0.4) is 0 Å². The van der Waals surface area contributed by atoms with Crippen molar-refractivity contribution in [3.63, 3.8) is 0 Å². The molecule has 0 heterocycles. The van der Waals surface area contributed by atoms with Crippen molar-refractivity contribution in [2.24, 2.45) is 0 Å². The standard InChI is InChI=1S/C46H38/c1-3-4-5-6-7-9-22-35(34-20-10-8-11-21-34)31-33(2)45-40-27-16-18-29-42(40)46(43-30-19-17-28-41(43)45)44-32-36-23-12-13-24-37(36)38-25-14-15-26-39(38)44/h3-6,8,10-32H,7,9H2,1-2H3. The van der Waals surface area contributed by atoms with Gasteiger partial charge in [-0.15, -0.1) is 0 Å². The highest BCUT2D eigenvalue weighted by molar-refractivity contribution is 6.24. The van der Waals surface area contributed by atoms with Gasteiger partial charge in [0, 0.05) is 0 Å². The zero-order chi connectivity index (χ0) is 31.3. The molecule has 0 aliphatic rings. The minimum Gasteiger partial charge on any atom is -0.0877 e. The van der Waals surface area contributed by atoms with Gasteiger partial charge in [-0.3, -0.25) is 0 Å². The van der Waals surface area contributed by atoms with Gasteiger partial charge in [-0.1, -0.05) is 164 Å². The van der Waals surface area contributed by atoms with Crippen LogP contribution in [-0.2, 0) is 0 Å². The van der Waals surface area contributed by atoms with E-state index in [1.807, 2.05) is 0 Å². The van der Waals surface area contributed by atoms with Crippen molar-refractivity contribution in [1.82, 2.24) is 0 Å². The number of benzene rings is 7. The zero-order valence-electron chi connectivity index (χ0n) is 26.6. The van der Waals surface area contributed by atoms with Crippen molar-refractivity contribution in [3.05, 3.63) is 181 Å². The number of allylic oxidation sites excluding steroid dienone is 8. The molecule has 0 spiro atoms. The van der Waals surface area contributed by atoms with Crippen molar-refractivity contribution < 1.29 is 0 Å². The molecule has 0 atom stereocenters. The van der Waals surface area contributed by atoms with E-state index < -0.39 is 0 Å². The summed E-state index contributed by atoms with van der Waals surface area (Å²) in [5, 5.41) is 10.3. The third-order valence-corrected chi connectivity index (χ3v) is 8.98. The lowest BCUT2D eigenvalue weighted by molar-refractivity contribution is 1.05. The quantitative estimate of drug-likeness (QED) is 0.0715. The fourth-order valence-corrected chi connectivity index (χ4v) is 6.92. The predicted octanol–water partition coefficient (Wildman–Crippen LogP) is 13.4. The van der Waals surface area contributed by atoms with Crippen LogP contribution in [0, 0.1) is 0 Å². The first-order valence-corrected chi connectivity index (χ1v) is 16.3. The molecule has 0 heteroatoms. The maximum Gasteiger partial charge on any atom is -0.00199 e. The molecule has 7 aromatic carbocycles. The van der Waals surface area contributed by atoms with E-state index in [0.717, 1.165) is 12.8 Å². The first kappa shape index (κ1) is 29.3. The van der Waals surface area contributed by atoms with Crippen LogP contribution in [0.15, 0.2) is 170 Å². The summed E-state index contributed by atoms with van der Waals surface area (Å²) < 4.78 is 0. The molecule has 46 heavy (non-hydrogen) atoms. The van der Waals surface area contributed by atoms with Crippen molar-refractivity contribution in [3.8, 4) is 11.1 Å². The highest BCUT2D eigenvalue weighted by Gasteiger charge is 2.18. The molecule has 7 rings (SSSR count). The first-order valence-electron chi connectivity index (χ1n) is 16.3. The Hall–Kier alpha value is -5.46. The number of fused-ring (bicyclic) bond motifs is 5. The minimum atomic E-state index is 0.984. The molecular weight excluding hydrogens is 553 g/mol. The number of hydrogen-bond acceptors (Lipinski definition) is 0. The van der Waals surface area contributed by atoms with Crippen LogP contribution in [0.5, 0.6) is 0 Å². The molecule has 0 bridgehead atoms. The van der Waals surface area contributed by atoms with E-state index >= 15 is 0 Å². The minimum absolute atomic E-state index is 0.984. The summed E-state index contributed by atoms with van der Waals surface area (Å²) in [6.45, 7) is 4.33. The SMILES string of the molecule is CC=CC=CCCC=C(C=C(C)c1c2ccccc2c(-c2cc3ccccc3c3ccccc23)c2ccccc12)c1ccccc1. The number of unbranched alkanes of at least 4 members (excludes halogenated alkanes) is 1. The normalized spacial score (nSPS) is 12.8.